The molecular weight excluding hydrogens is 398 g/mol. The van der Waals surface area contributed by atoms with Gasteiger partial charge in [-0.3, -0.25) is 10.7 Å². The number of nitrogens with zero attached hydrogens (tertiary/aromatic N) is 4. The highest BCUT2D eigenvalue weighted by molar-refractivity contribution is 6.47. The fourth-order valence-electron chi connectivity index (χ4n) is 4.85. The summed E-state index contributed by atoms with van der Waals surface area (Å²) in [5, 5.41) is 22.2. The Hall–Kier alpha value is -2.69. The summed E-state index contributed by atoms with van der Waals surface area (Å²) in [5.41, 5.74) is 5.91. The minimum absolute atomic E-state index is 0.211. The molecule has 0 radical (unpaired) electrons. The molecule has 1 unspecified atom stereocenters. The summed E-state index contributed by atoms with van der Waals surface area (Å²) in [6.07, 6.45) is -1.06. The van der Waals surface area contributed by atoms with E-state index in [0.29, 0.717) is 11.5 Å². The summed E-state index contributed by atoms with van der Waals surface area (Å²) in [5.74, 6) is 0.515. The van der Waals surface area contributed by atoms with Gasteiger partial charge in [0.2, 0.25) is 0 Å². The molecule has 3 aliphatic heterocycles. The SMILES string of the molecule is CO[C@@H]1[C@H](O)[C@@H](CO)O[C@@]1(C)N1CN=C2C1=NC=NC2(N)c1cccc2ccccc12. The topological polar surface area (TPSA) is 125 Å². The van der Waals surface area contributed by atoms with E-state index in [9.17, 15) is 10.2 Å². The summed E-state index contributed by atoms with van der Waals surface area (Å²) in [4.78, 5) is 15.5. The number of nitrogens with two attached hydrogens (primary N) is 1. The predicted octanol–water partition coefficient (Wildman–Crippen LogP) is 0.589. The van der Waals surface area contributed by atoms with Crippen LogP contribution in [0.3, 0.4) is 0 Å². The van der Waals surface area contributed by atoms with Gasteiger partial charge in [0, 0.05) is 12.7 Å². The van der Waals surface area contributed by atoms with Crippen LogP contribution in [0.15, 0.2) is 57.4 Å². The monoisotopic (exact) mass is 423 g/mol. The lowest BCUT2D eigenvalue weighted by molar-refractivity contribution is -0.154. The second kappa shape index (κ2) is 7.18. The molecule has 0 saturated carbocycles. The smallest absolute Gasteiger partial charge is 0.182 e. The molecule has 2 aromatic carbocycles. The van der Waals surface area contributed by atoms with Gasteiger partial charge in [-0.2, -0.15) is 0 Å². The number of hydrogen-bond donors (Lipinski definition) is 3. The largest absolute Gasteiger partial charge is 0.394 e. The number of ether oxygens (including phenoxy) is 2. The number of amidine groups is 1. The van der Waals surface area contributed by atoms with Crippen molar-refractivity contribution in [3.63, 3.8) is 0 Å². The molecule has 1 fully saturated rings. The van der Waals surface area contributed by atoms with E-state index in [1.165, 1.54) is 13.4 Å². The van der Waals surface area contributed by atoms with Crippen LogP contribution in [0, 0.1) is 0 Å². The van der Waals surface area contributed by atoms with Crippen molar-refractivity contribution in [2.75, 3.05) is 20.4 Å². The van der Waals surface area contributed by atoms with Crippen LogP contribution in [0.2, 0.25) is 0 Å². The lowest BCUT2D eigenvalue weighted by Gasteiger charge is -2.40. The molecule has 31 heavy (non-hydrogen) atoms. The van der Waals surface area contributed by atoms with Gasteiger partial charge in [0.25, 0.3) is 0 Å². The minimum Gasteiger partial charge on any atom is -0.394 e. The van der Waals surface area contributed by atoms with E-state index in [-0.39, 0.29) is 13.3 Å². The Kier molecular flexibility index (Phi) is 4.68. The number of benzene rings is 2. The molecule has 5 atom stereocenters. The zero-order chi connectivity index (χ0) is 21.8. The molecule has 4 N–H and O–H groups in total. The first kappa shape index (κ1) is 20.2. The number of methoxy groups -OCH3 is 1. The van der Waals surface area contributed by atoms with Crippen LogP contribution < -0.4 is 5.73 Å². The highest BCUT2D eigenvalue weighted by Gasteiger charge is 2.59. The Morgan fingerprint density at radius 3 is 2.81 bits per heavy atom. The lowest BCUT2D eigenvalue weighted by atomic mass is 9.89. The van der Waals surface area contributed by atoms with E-state index >= 15 is 0 Å². The molecule has 0 amide bonds. The highest BCUT2D eigenvalue weighted by atomic mass is 16.6. The van der Waals surface area contributed by atoms with Crippen molar-refractivity contribution in [1.29, 1.82) is 0 Å². The normalized spacial score (nSPS) is 34.7. The third kappa shape index (κ3) is 2.78. The zero-order valence-corrected chi connectivity index (χ0v) is 17.3. The summed E-state index contributed by atoms with van der Waals surface area (Å²) in [6.45, 7) is 1.67. The Bertz CT molecular complexity index is 1110. The minimum atomic E-state index is -1.22. The third-order valence-corrected chi connectivity index (χ3v) is 6.42. The Morgan fingerprint density at radius 1 is 1.26 bits per heavy atom. The molecule has 9 heteroatoms. The van der Waals surface area contributed by atoms with Crippen LogP contribution in [-0.4, -0.2) is 77.4 Å². The maximum Gasteiger partial charge on any atom is 0.182 e. The quantitative estimate of drug-likeness (QED) is 0.661. The Labute approximate surface area is 179 Å². The number of aliphatic hydroxyl groups excluding tert-OH is 2. The lowest BCUT2D eigenvalue weighted by Crippen LogP contribution is -2.60. The standard InChI is InChI=1S/C22H25N5O4/c1-21(19(30-2)17(29)16(10-28)31-21)27-12-25-18-20(27)24-11-26-22(18,23)15-9-5-7-13-6-3-4-8-14(13)15/h3-9,11,16-17,19,28-29H,10,12,23H2,1-2H3/t16-,17-,19-,21-,22?/m1/s1. The van der Waals surface area contributed by atoms with Crippen LogP contribution in [0.25, 0.3) is 10.8 Å². The predicted molar refractivity (Wildman–Crippen MR) is 117 cm³/mol. The average molecular weight is 423 g/mol. The zero-order valence-electron chi connectivity index (χ0n) is 17.3. The van der Waals surface area contributed by atoms with Gasteiger partial charge in [-0.1, -0.05) is 42.5 Å². The fourth-order valence-corrected chi connectivity index (χ4v) is 4.85. The summed E-state index contributed by atoms with van der Waals surface area (Å²) in [7, 11) is 1.50. The number of hydrogen-bond acceptors (Lipinski definition) is 9. The van der Waals surface area contributed by atoms with Gasteiger partial charge in [-0.25, -0.2) is 9.98 Å². The van der Waals surface area contributed by atoms with Crippen LogP contribution in [0.4, 0.5) is 0 Å². The number of rotatable bonds is 4. The van der Waals surface area contributed by atoms with Gasteiger partial charge in [0.15, 0.2) is 17.2 Å². The van der Waals surface area contributed by atoms with Crippen molar-refractivity contribution in [3.05, 3.63) is 48.0 Å². The van der Waals surface area contributed by atoms with Crippen LogP contribution >= 0.6 is 0 Å². The maximum absolute atomic E-state index is 10.6. The maximum atomic E-state index is 10.6. The van der Waals surface area contributed by atoms with Crippen molar-refractivity contribution < 1.29 is 19.7 Å². The second-order valence-electron chi connectivity index (χ2n) is 8.11. The number of aliphatic imine (C=N–C) groups is 3. The average Bonchev–Trinajstić information content (AvgIpc) is 3.33. The van der Waals surface area contributed by atoms with Gasteiger partial charge in [0.05, 0.1) is 6.61 Å². The fraction of sp³-hybridized carbons (Fsp3) is 0.409. The van der Waals surface area contributed by atoms with Gasteiger partial charge >= 0.3 is 0 Å². The molecule has 3 heterocycles. The molecule has 9 nitrogen and oxygen atoms in total. The summed E-state index contributed by atoms with van der Waals surface area (Å²) < 4.78 is 11.6. The first-order valence-electron chi connectivity index (χ1n) is 10.1. The molecule has 162 valence electrons. The molecule has 0 aromatic heterocycles. The van der Waals surface area contributed by atoms with Crippen LogP contribution in [-0.2, 0) is 15.1 Å². The summed E-state index contributed by atoms with van der Waals surface area (Å²) in [6, 6.07) is 13.9. The van der Waals surface area contributed by atoms with Gasteiger partial charge in [-0.15, -0.1) is 0 Å². The van der Waals surface area contributed by atoms with Crippen molar-refractivity contribution in [2.24, 2.45) is 20.7 Å². The molecule has 1 saturated heterocycles. The van der Waals surface area contributed by atoms with E-state index in [0.717, 1.165) is 16.3 Å². The van der Waals surface area contributed by atoms with Crippen molar-refractivity contribution in [1.82, 2.24) is 4.90 Å². The number of aliphatic hydroxyl groups is 2. The first-order valence-corrected chi connectivity index (χ1v) is 10.1. The molecule has 2 aromatic rings. The molecule has 0 aliphatic carbocycles. The number of fused-ring (bicyclic) bond motifs is 2. The van der Waals surface area contributed by atoms with Crippen molar-refractivity contribution in [3.8, 4) is 0 Å². The van der Waals surface area contributed by atoms with Gasteiger partial charge < -0.3 is 24.6 Å². The Balaban J connectivity index is 1.56. The molecule has 0 bridgehead atoms. The van der Waals surface area contributed by atoms with Gasteiger partial charge in [0.1, 0.15) is 37.0 Å². The Morgan fingerprint density at radius 2 is 2.03 bits per heavy atom. The van der Waals surface area contributed by atoms with E-state index in [1.807, 2.05) is 47.4 Å². The molecule has 3 aliphatic rings. The highest BCUT2D eigenvalue weighted by Crippen LogP contribution is 2.40. The first-order chi connectivity index (χ1) is 14.9. The van der Waals surface area contributed by atoms with Crippen molar-refractivity contribution in [2.45, 2.75) is 36.6 Å². The van der Waals surface area contributed by atoms with Crippen molar-refractivity contribution >= 4 is 28.7 Å². The van der Waals surface area contributed by atoms with Gasteiger partial charge in [-0.05, 0) is 17.7 Å². The molecule has 0 spiro atoms. The van der Waals surface area contributed by atoms with E-state index < -0.39 is 29.7 Å². The summed E-state index contributed by atoms with van der Waals surface area (Å²) >= 11 is 0. The van der Waals surface area contributed by atoms with Crippen LogP contribution in [0.1, 0.15) is 12.5 Å². The second-order valence-corrected chi connectivity index (χ2v) is 8.11. The van der Waals surface area contributed by atoms with Crippen LogP contribution in [0.5, 0.6) is 0 Å². The van der Waals surface area contributed by atoms with E-state index in [4.69, 9.17) is 20.2 Å². The third-order valence-electron chi connectivity index (χ3n) is 6.42. The molecular formula is C22H25N5O4. The van der Waals surface area contributed by atoms with E-state index in [2.05, 4.69) is 9.98 Å². The molecule has 5 rings (SSSR count). The van der Waals surface area contributed by atoms with E-state index in [1.54, 1.807) is 6.92 Å².